The zero-order valence-electron chi connectivity index (χ0n) is 11.5. The largest absolute Gasteiger partial charge is 0.463 e. The van der Waals surface area contributed by atoms with Gasteiger partial charge in [0.2, 0.25) is 5.78 Å². The number of benzene rings is 1. The van der Waals surface area contributed by atoms with Gasteiger partial charge in [0.1, 0.15) is 0 Å². The second-order valence-corrected chi connectivity index (χ2v) is 5.52. The lowest BCUT2D eigenvalue weighted by Gasteiger charge is -2.08. The Bertz CT molecular complexity index is 599. The van der Waals surface area contributed by atoms with E-state index in [-0.39, 0.29) is 12.6 Å². The predicted molar refractivity (Wildman–Crippen MR) is 80.8 cm³/mol. The molecule has 3 nitrogen and oxygen atoms in total. The summed E-state index contributed by atoms with van der Waals surface area (Å²) in [5.74, 6) is 0.147. The molecule has 0 fully saturated rings. The van der Waals surface area contributed by atoms with Crippen LogP contribution in [-0.2, 0) is 9.47 Å². The van der Waals surface area contributed by atoms with Crippen LogP contribution in [0, 0.1) is 6.92 Å². The smallest absolute Gasteiger partial charge is 0.227 e. The molecule has 0 aliphatic heterocycles. The summed E-state index contributed by atoms with van der Waals surface area (Å²) in [7, 11) is 1.53. The maximum atomic E-state index is 12.4. The lowest BCUT2D eigenvalue weighted by atomic mass is 10.1. The highest BCUT2D eigenvalue weighted by atomic mass is 32.1. The highest BCUT2D eigenvalue weighted by Gasteiger charge is 2.14. The molecule has 0 saturated heterocycles. The van der Waals surface area contributed by atoms with E-state index in [9.17, 15) is 4.79 Å². The molecule has 20 heavy (non-hydrogen) atoms. The van der Waals surface area contributed by atoms with Crippen LogP contribution < -0.4 is 0 Å². The molecular weight excluding hydrogens is 272 g/mol. The van der Waals surface area contributed by atoms with Gasteiger partial charge in [-0.2, -0.15) is 0 Å². The molecule has 2 aromatic rings. The number of hydrogen-bond donors (Lipinski definition) is 0. The first-order valence-corrected chi connectivity index (χ1v) is 7.02. The van der Waals surface area contributed by atoms with Crippen molar-refractivity contribution >= 4 is 23.2 Å². The molecule has 0 N–H and O–H groups in total. The summed E-state index contributed by atoms with van der Waals surface area (Å²) in [4.78, 5) is 14.6. The monoisotopic (exact) mass is 288 g/mol. The van der Waals surface area contributed by atoms with Crippen LogP contribution in [0.2, 0.25) is 0 Å². The van der Waals surface area contributed by atoms with E-state index in [1.54, 1.807) is 29.5 Å². The third-order valence-electron chi connectivity index (χ3n) is 2.63. The van der Waals surface area contributed by atoms with Gasteiger partial charge in [-0.25, -0.2) is 0 Å². The normalized spacial score (nSPS) is 11.4. The van der Waals surface area contributed by atoms with E-state index >= 15 is 0 Å². The number of ether oxygens (including phenoxy) is 2. The predicted octanol–water partition coefficient (Wildman–Crippen LogP) is 3.90. The molecule has 2 rings (SSSR count). The molecule has 1 aromatic heterocycles. The number of thiophene rings is 1. The lowest BCUT2D eigenvalue weighted by molar-refractivity contribution is 0.00628. The van der Waals surface area contributed by atoms with Crippen LogP contribution in [0.3, 0.4) is 0 Å². The Hall–Kier alpha value is -1.91. The number of hydrogen-bond acceptors (Lipinski definition) is 4. The van der Waals surface area contributed by atoms with E-state index in [2.05, 4.69) is 0 Å². The first-order chi connectivity index (χ1) is 9.70. The van der Waals surface area contributed by atoms with Crippen LogP contribution in [0.25, 0.3) is 6.08 Å². The minimum absolute atomic E-state index is 0.0504. The average Bonchev–Trinajstić information content (AvgIpc) is 2.89. The number of carbonyl (C=O) groups excluding carboxylic acids is 1. The standard InChI is InChI=1S/C16H16O3S/c1-12-8-9-14(20-12)10-15(19-11-18-2)16(17)13-6-4-3-5-7-13/h3-10H,11H2,1-2H3. The summed E-state index contributed by atoms with van der Waals surface area (Å²) in [6.07, 6.45) is 1.76. The Morgan fingerprint density at radius 1 is 1.20 bits per heavy atom. The van der Waals surface area contributed by atoms with Crippen LogP contribution in [0.15, 0.2) is 48.2 Å². The van der Waals surface area contributed by atoms with Crippen LogP contribution in [-0.4, -0.2) is 19.7 Å². The fourth-order valence-corrected chi connectivity index (χ4v) is 2.50. The van der Waals surface area contributed by atoms with Gasteiger partial charge in [0.15, 0.2) is 12.6 Å². The van der Waals surface area contributed by atoms with E-state index in [4.69, 9.17) is 9.47 Å². The maximum Gasteiger partial charge on any atom is 0.227 e. The minimum Gasteiger partial charge on any atom is -0.463 e. The Morgan fingerprint density at radius 3 is 2.55 bits per heavy atom. The highest BCUT2D eigenvalue weighted by Crippen LogP contribution is 2.20. The molecule has 0 aliphatic rings. The third kappa shape index (κ3) is 3.79. The molecule has 0 saturated carbocycles. The minimum atomic E-state index is -0.145. The Labute approximate surface area is 122 Å². The molecule has 0 spiro atoms. The fourth-order valence-electron chi connectivity index (χ4n) is 1.69. The average molecular weight is 288 g/mol. The van der Waals surface area contributed by atoms with Crippen molar-refractivity contribution in [2.75, 3.05) is 13.9 Å². The van der Waals surface area contributed by atoms with Gasteiger partial charge in [-0.3, -0.25) is 4.79 Å². The first-order valence-electron chi connectivity index (χ1n) is 6.20. The molecule has 0 amide bonds. The quantitative estimate of drug-likeness (QED) is 0.350. The van der Waals surface area contributed by atoms with Gasteiger partial charge >= 0.3 is 0 Å². The maximum absolute atomic E-state index is 12.4. The third-order valence-corrected chi connectivity index (χ3v) is 3.57. The summed E-state index contributed by atoms with van der Waals surface area (Å²) in [5.41, 5.74) is 0.600. The Balaban J connectivity index is 2.27. The topological polar surface area (TPSA) is 35.5 Å². The van der Waals surface area contributed by atoms with Gasteiger partial charge in [0.25, 0.3) is 0 Å². The first kappa shape index (κ1) is 14.5. The second-order valence-electron chi connectivity index (χ2n) is 4.20. The zero-order chi connectivity index (χ0) is 14.4. The van der Waals surface area contributed by atoms with Crippen molar-refractivity contribution in [3.63, 3.8) is 0 Å². The molecule has 0 atom stereocenters. The van der Waals surface area contributed by atoms with Crippen LogP contribution in [0.5, 0.6) is 0 Å². The highest BCUT2D eigenvalue weighted by molar-refractivity contribution is 7.12. The molecule has 4 heteroatoms. The van der Waals surface area contributed by atoms with E-state index in [1.165, 1.54) is 12.0 Å². The van der Waals surface area contributed by atoms with E-state index in [0.717, 1.165) is 4.88 Å². The summed E-state index contributed by atoms with van der Waals surface area (Å²) in [6, 6.07) is 13.1. The van der Waals surface area contributed by atoms with Crippen molar-refractivity contribution in [1.29, 1.82) is 0 Å². The number of ketones is 1. The molecule has 0 radical (unpaired) electrons. The van der Waals surface area contributed by atoms with Crippen molar-refractivity contribution in [2.45, 2.75) is 6.92 Å². The van der Waals surface area contributed by atoms with E-state index < -0.39 is 0 Å². The van der Waals surface area contributed by atoms with E-state index in [0.29, 0.717) is 11.3 Å². The summed E-state index contributed by atoms with van der Waals surface area (Å²) >= 11 is 1.61. The Morgan fingerprint density at radius 2 is 1.95 bits per heavy atom. The summed E-state index contributed by atoms with van der Waals surface area (Å²) in [5, 5.41) is 0. The second kappa shape index (κ2) is 7.03. The van der Waals surface area contributed by atoms with Gasteiger partial charge in [-0.15, -0.1) is 11.3 Å². The molecular formula is C16H16O3S. The number of Topliss-reactive ketones (excluding diaryl/α,β-unsaturated/α-hetero) is 1. The number of rotatable bonds is 6. The number of carbonyl (C=O) groups is 1. The fraction of sp³-hybridized carbons (Fsp3) is 0.188. The van der Waals surface area contributed by atoms with E-state index in [1.807, 2.05) is 37.3 Å². The Kier molecular flexibility index (Phi) is 5.09. The molecule has 0 aliphatic carbocycles. The number of methoxy groups -OCH3 is 1. The van der Waals surface area contributed by atoms with Gasteiger partial charge < -0.3 is 9.47 Å². The molecule has 104 valence electrons. The summed E-state index contributed by atoms with van der Waals surface area (Å²) < 4.78 is 10.3. The van der Waals surface area contributed by atoms with Crippen molar-refractivity contribution in [3.05, 3.63) is 63.5 Å². The van der Waals surface area contributed by atoms with Crippen molar-refractivity contribution < 1.29 is 14.3 Å². The van der Waals surface area contributed by atoms with Crippen LogP contribution in [0.1, 0.15) is 20.1 Å². The van der Waals surface area contributed by atoms with Crippen molar-refractivity contribution in [1.82, 2.24) is 0 Å². The van der Waals surface area contributed by atoms with Crippen molar-refractivity contribution in [2.24, 2.45) is 0 Å². The summed E-state index contributed by atoms with van der Waals surface area (Å²) in [6.45, 7) is 2.07. The molecule has 0 bridgehead atoms. The van der Waals surface area contributed by atoms with Crippen LogP contribution >= 0.6 is 11.3 Å². The number of allylic oxidation sites excluding steroid dienone is 1. The lowest BCUT2D eigenvalue weighted by Crippen LogP contribution is -2.08. The van der Waals surface area contributed by atoms with Gasteiger partial charge in [-0.05, 0) is 19.1 Å². The van der Waals surface area contributed by atoms with Crippen molar-refractivity contribution in [3.8, 4) is 0 Å². The van der Waals surface area contributed by atoms with Gasteiger partial charge in [0.05, 0.1) is 0 Å². The zero-order valence-corrected chi connectivity index (χ0v) is 12.3. The molecule has 0 unspecified atom stereocenters. The van der Waals surface area contributed by atoms with Gasteiger partial charge in [-0.1, -0.05) is 30.3 Å². The SMILES string of the molecule is COCOC(=Cc1ccc(C)s1)C(=O)c1ccccc1. The van der Waals surface area contributed by atoms with Crippen LogP contribution in [0.4, 0.5) is 0 Å². The molecule has 1 heterocycles. The number of aryl methyl sites for hydroxylation is 1. The molecule has 1 aromatic carbocycles. The van der Waals surface area contributed by atoms with Gasteiger partial charge in [0, 0.05) is 28.5 Å².